The van der Waals surface area contributed by atoms with Crippen molar-refractivity contribution in [3.8, 4) is 0 Å². The SMILES string of the molecule is Cc1cn(Cc2ccccc2F)c(=O)c(C(=O)O)c1C. The minimum Gasteiger partial charge on any atom is -0.477 e. The molecule has 1 aromatic heterocycles. The van der Waals surface area contributed by atoms with Gasteiger partial charge in [-0.3, -0.25) is 4.79 Å². The van der Waals surface area contributed by atoms with Gasteiger partial charge in [-0.05, 0) is 31.0 Å². The number of carbonyl (C=O) groups is 1. The Labute approximate surface area is 115 Å². The van der Waals surface area contributed by atoms with E-state index in [1.54, 1.807) is 38.2 Å². The Morgan fingerprint density at radius 3 is 2.55 bits per heavy atom. The topological polar surface area (TPSA) is 59.3 Å². The monoisotopic (exact) mass is 275 g/mol. The summed E-state index contributed by atoms with van der Waals surface area (Å²) >= 11 is 0. The first kappa shape index (κ1) is 14.0. The van der Waals surface area contributed by atoms with Crippen LogP contribution in [0.25, 0.3) is 0 Å². The first-order chi connectivity index (χ1) is 9.41. The molecule has 0 bridgehead atoms. The molecule has 2 rings (SSSR count). The van der Waals surface area contributed by atoms with Crippen molar-refractivity contribution in [2.24, 2.45) is 0 Å². The molecule has 0 unspecified atom stereocenters. The summed E-state index contributed by atoms with van der Waals surface area (Å²) in [4.78, 5) is 23.3. The summed E-state index contributed by atoms with van der Waals surface area (Å²) < 4.78 is 14.8. The molecule has 0 aliphatic carbocycles. The average Bonchev–Trinajstić information content (AvgIpc) is 2.38. The van der Waals surface area contributed by atoms with Gasteiger partial charge in [0.25, 0.3) is 5.56 Å². The molecule has 0 atom stereocenters. The number of aryl methyl sites for hydroxylation is 1. The Bertz CT molecular complexity index is 734. The number of carboxylic acids is 1. The Hall–Kier alpha value is -2.43. The molecule has 1 aromatic carbocycles. The Morgan fingerprint density at radius 1 is 1.30 bits per heavy atom. The second-order valence-electron chi connectivity index (χ2n) is 4.64. The first-order valence-electron chi connectivity index (χ1n) is 6.09. The quantitative estimate of drug-likeness (QED) is 0.935. The molecule has 1 heterocycles. The highest BCUT2D eigenvalue weighted by atomic mass is 19.1. The molecule has 4 nitrogen and oxygen atoms in total. The third-order valence-corrected chi connectivity index (χ3v) is 3.30. The molecular formula is C15H14FNO3. The fourth-order valence-electron chi connectivity index (χ4n) is 2.07. The Kier molecular flexibility index (Phi) is 3.70. The molecule has 104 valence electrons. The van der Waals surface area contributed by atoms with Crippen LogP contribution in [0.3, 0.4) is 0 Å². The summed E-state index contributed by atoms with van der Waals surface area (Å²) in [6.07, 6.45) is 1.55. The van der Waals surface area contributed by atoms with Crippen molar-refractivity contribution < 1.29 is 14.3 Å². The number of pyridine rings is 1. The van der Waals surface area contributed by atoms with Gasteiger partial charge in [0.2, 0.25) is 0 Å². The van der Waals surface area contributed by atoms with Crippen LogP contribution in [-0.2, 0) is 6.54 Å². The number of nitrogens with zero attached hydrogens (tertiary/aromatic N) is 1. The summed E-state index contributed by atoms with van der Waals surface area (Å²) in [7, 11) is 0. The van der Waals surface area contributed by atoms with Gasteiger partial charge in [-0.1, -0.05) is 18.2 Å². The van der Waals surface area contributed by atoms with E-state index in [1.165, 1.54) is 10.6 Å². The van der Waals surface area contributed by atoms with E-state index in [1.807, 2.05) is 0 Å². The number of benzene rings is 1. The van der Waals surface area contributed by atoms with Crippen LogP contribution in [0.2, 0.25) is 0 Å². The second-order valence-corrected chi connectivity index (χ2v) is 4.64. The second kappa shape index (κ2) is 5.28. The predicted octanol–water partition coefficient (Wildman–Crippen LogP) is 2.35. The van der Waals surface area contributed by atoms with E-state index < -0.39 is 17.3 Å². The zero-order valence-electron chi connectivity index (χ0n) is 11.2. The summed E-state index contributed by atoms with van der Waals surface area (Å²) in [5.41, 5.74) is 0.574. The van der Waals surface area contributed by atoms with Crippen LogP contribution in [-0.4, -0.2) is 15.6 Å². The summed E-state index contributed by atoms with van der Waals surface area (Å²) in [6.45, 7) is 3.32. The number of aromatic nitrogens is 1. The predicted molar refractivity (Wildman–Crippen MR) is 72.6 cm³/mol. The van der Waals surface area contributed by atoms with Crippen LogP contribution in [0.1, 0.15) is 27.0 Å². The van der Waals surface area contributed by atoms with Crippen LogP contribution in [0.15, 0.2) is 35.3 Å². The third-order valence-electron chi connectivity index (χ3n) is 3.30. The van der Waals surface area contributed by atoms with Crippen molar-refractivity contribution in [3.05, 3.63) is 68.9 Å². The number of hydrogen-bond acceptors (Lipinski definition) is 2. The number of aromatic carboxylic acids is 1. The van der Waals surface area contributed by atoms with E-state index in [0.717, 1.165) is 0 Å². The van der Waals surface area contributed by atoms with Gasteiger partial charge in [0, 0.05) is 11.8 Å². The zero-order valence-corrected chi connectivity index (χ0v) is 11.2. The standard InChI is InChI=1S/C15H14FNO3/c1-9-7-17(8-11-5-3-4-6-12(11)16)14(18)13(10(9)2)15(19)20/h3-7H,8H2,1-2H3,(H,19,20). The van der Waals surface area contributed by atoms with E-state index in [0.29, 0.717) is 16.7 Å². The highest BCUT2D eigenvalue weighted by Crippen LogP contribution is 2.12. The molecule has 0 radical (unpaired) electrons. The summed E-state index contributed by atoms with van der Waals surface area (Å²) in [5, 5.41) is 9.13. The Morgan fingerprint density at radius 2 is 1.95 bits per heavy atom. The van der Waals surface area contributed by atoms with Crippen molar-refractivity contribution >= 4 is 5.97 Å². The fourth-order valence-corrected chi connectivity index (χ4v) is 2.07. The highest BCUT2D eigenvalue weighted by Gasteiger charge is 2.17. The molecule has 5 heteroatoms. The lowest BCUT2D eigenvalue weighted by molar-refractivity contribution is 0.0693. The van der Waals surface area contributed by atoms with Crippen LogP contribution < -0.4 is 5.56 Å². The van der Waals surface area contributed by atoms with E-state index >= 15 is 0 Å². The number of hydrogen-bond donors (Lipinski definition) is 1. The van der Waals surface area contributed by atoms with Crippen molar-refractivity contribution in [1.82, 2.24) is 4.57 Å². The average molecular weight is 275 g/mol. The lowest BCUT2D eigenvalue weighted by Crippen LogP contribution is -2.28. The van der Waals surface area contributed by atoms with Gasteiger partial charge in [0.1, 0.15) is 11.4 Å². The van der Waals surface area contributed by atoms with Gasteiger partial charge in [0.15, 0.2) is 0 Å². The molecule has 0 spiro atoms. The maximum Gasteiger partial charge on any atom is 0.341 e. The Balaban J connectivity index is 2.57. The molecule has 0 amide bonds. The van der Waals surface area contributed by atoms with Gasteiger partial charge < -0.3 is 9.67 Å². The van der Waals surface area contributed by atoms with E-state index in [9.17, 15) is 14.0 Å². The van der Waals surface area contributed by atoms with Gasteiger partial charge >= 0.3 is 5.97 Å². The first-order valence-corrected chi connectivity index (χ1v) is 6.09. The molecular weight excluding hydrogens is 261 g/mol. The highest BCUT2D eigenvalue weighted by molar-refractivity contribution is 5.89. The fraction of sp³-hybridized carbons (Fsp3) is 0.200. The van der Waals surface area contributed by atoms with Crippen molar-refractivity contribution in [2.75, 3.05) is 0 Å². The molecule has 2 aromatic rings. The van der Waals surface area contributed by atoms with Gasteiger partial charge in [0.05, 0.1) is 6.54 Å². The zero-order chi connectivity index (χ0) is 14.9. The summed E-state index contributed by atoms with van der Waals surface area (Å²) in [6, 6.07) is 6.10. The van der Waals surface area contributed by atoms with Crippen LogP contribution >= 0.6 is 0 Å². The minimum absolute atomic E-state index is 0.00685. The van der Waals surface area contributed by atoms with E-state index in [2.05, 4.69) is 0 Å². The largest absolute Gasteiger partial charge is 0.477 e. The van der Waals surface area contributed by atoms with Crippen molar-refractivity contribution in [3.63, 3.8) is 0 Å². The molecule has 0 saturated carbocycles. The molecule has 0 fully saturated rings. The van der Waals surface area contributed by atoms with Gasteiger partial charge in [-0.25, -0.2) is 9.18 Å². The number of carboxylic acid groups (broad SMARTS) is 1. The van der Waals surface area contributed by atoms with E-state index in [4.69, 9.17) is 5.11 Å². The lowest BCUT2D eigenvalue weighted by Gasteiger charge is -2.12. The van der Waals surface area contributed by atoms with Gasteiger partial charge in [-0.15, -0.1) is 0 Å². The summed E-state index contributed by atoms with van der Waals surface area (Å²) in [5.74, 6) is -1.69. The van der Waals surface area contributed by atoms with Crippen molar-refractivity contribution in [1.29, 1.82) is 0 Å². The molecule has 0 saturated heterocycles. The maximum absolute atomic E-state index is 13.6. The molecule has 0 aliphatic heterocycles. The van der Waals surface area contributed by atoms with Crippen LogP contribution in [0.4, 0.5) is 4.39 Å². The van der Waals surface area contributed by atoms with Crippen LogP contribution in [0, 0.1) is 19.7 Å². The normalized spacial score (nSPS) is 10.6. The molecule has 20 heavy (non-hydrogen) atoms. The number of rotatable bonds is 3. The molecule has 1 N–H and O–H groups in total. The van der Waals surface area contributed by atoms with E-state index in [-0.39, 0.29) is 12.1 Å². The van der Waals surface area contributed by atoms with Crippen molar-refractivity contribution in [2.45, 2.75) is 20.4 Å². The smallest absolute Gasteiger partial charge is 0.341 e. The molecule has 0 aliphatic rings. The third kappa shape index (κ3) is 2.47. The maximum atomic E-state index is 13.6. The van der Waals surface area contributed by atoms with Gasteiger partial charge in [-0.2, -0.15) is 0 Å². The van der Waals surface area contributed by atoms with Crippen LogP contribution in [0.5, 0.6) is 0 Å². The number of halogens is 1. The minimum atomic E-state index is -1.27. The lowest BCUT2D eigenvalue weighted by atomic mass is 10.1.